The van der Waals surface area contributed by atoms with Crippen molar-refractivity contribution < 1.29 is 14.4 Å². The van der Waals surface area contributed by atoms with Crippen molar-refractivity contribution in [2.45, 2.75) is 38.1 Å². The SMILES string of the molecule is O=C(Nc1nc(-c2ccccc2)cs1)c1ccc2c(c1)C(=O)N(C1CCCCC1)C2=O. The maximum Gasteiger partial charge on any atom is 0.261 e. The van der Waals surface area contributed by atoms with Gasteiger partial charge in [-0.3, -0.25) is 24.6 Å². The molecule has 156 valence electrons. The van der Waals surface area contributed by atoms with Gasteiger partial charge < -0.3 is 0 Å². The monoisotopic (exact) mass is 431 g/mol. The van der Waals surface area contributed by atoms with Crippen LogP contribution >= 0.6 is 11.3 Å². The summed E-state index contributed by atoms with van der Waals surface area (Å²) in [5.74, 6) is -0.887. The van der Waals surface area contributed by atoms with E-state index >= 15 is 0 Å². The fourth-order valence-electron chi connectivity index (χ4n) is 4.31. The van der Waals surface area contributed by atoms with Gasteiger partial charge in [0, 0.05) is 22.5 Å². The van der Waals surface area contributed by atoms with Crippen molar-refractivity contribution in [1.82, 2.24) is 9.88 Å². The second kappa shape index (κ2) is 8.07. The predicted octanol–water partition coefficient (Wildman–Crippen LogP) is 4.99. The number of hydrogen-bond acceptors (Lipinski definition) is 5. The van der Waals surface area contributed by atoms with Crippen molar-refractivity contribution in [2.75, 3.05) is 5.32 Å². The quantitative estimate of drug-likeness (QED) is 0.590. The Morgan fingerprint density at radius 2 is 1.71 bits per heavy atom. The molecule has 2 heterocycles. The first-order valence-corrected chi connectivity index (χ1v) is 11.3. The van der Waals surface area contributed by atoms with Gasteiger partial charge in [-0.15, -0.1) is 11.3 Å². The van der Waals surface area contributed by atoms with Crippen LogP contribution < -0.4 is 5.32 Å². The number of nitrogens with one attached hydrogen (secondary N) is 1. The number of aromatic nitrogens is 1. The van der Waals surface area contributed by atoms with E-state index in [0.29, 0.717) is 21.8 Å². The van der Waals surface area contributed by atoms with Crippen LogP contribution in [-0.4, -0.2) is 33.6 Å². The fourth-order valence-corrected chi connectivity index (χ4v) is 5.03. The Morgan fingerprint density at radius 3 is 2.48 bits per heavy atom. The zero-order chi connectivity index (χ0) is 21.4. The number of rotatable bonds is 4. The largest absolute Gasteiger partial charge is 0.298 e. The van der Waals surface area contributed by atoms with Crippen LogP contribution in [0, 0.1) is 0 Å². The van der Waals surface area contributed by atoms with Crippen LogP contribution in [-0.2, 0) is 0 Å². The van der Waals surface area contributed by atoms with E-state index in [4.69, 9.17) is 0 Å². The Kier molecular flexibility index (Phi) is 5.11. The summed E-state index contributed by atoms with van der Waals surface area (Å²) >= 11 is 1.34. The maximum atomic E-state index is 13.0. The summed E-state index contributed by atoms with van der Waals surface area (Å²) in [7, 11) is 0. The van der Waals surface area contributed by atoms with Crippen LogP contribution in [0.4, 0.5) is 5.13 Å². The van der Waals surface area contributed by atoms with Crippen molar-refractivity contribution in [3.05, 3.63) is 70.6 Å². The molecule has 1 aromatic heterocycles. The Labute approximate surface area is 183 Å². The molecule has 3 aromatic rings. The Hall–Kier alpha value is -3.32. The Balaban J connectivity index is 1.34. The third-order valence-corrected chi connectivity index (χ3v) is 6.67. The summed E-state index contributed by atoms with van der Waals surface area (Å²) in [6.45, 7) is 0. The highest BCUT2D eigenvalue weighted by molar-refractivity contribution is 7.14. The van der Waals surface area contributed by atoms with Gasteiger partial charge in [0.15, 0.2) is 5.13 Å². The normalized spacial score (nSPS) is 16.5. The fraction of sp³-hybridized carbons (Fsp3) is 0.250. The van der Waals surface area contributed by atoms with Crippen molar-refractivity contribution in [3.8, 4) is 11.3 Å². The number of carbonyl (C=O) groups excluding carboxylic acids is 3. The number of amides is 3. The molecule has 0 radical (unpaired) electrons. The summed E-state index contributed by atoms with van der Waals surface area (Å²) in [6.07, 6.45) is 4.92. The van der Waals surface area contributed by atoms with E-state index in [1.54, 1.807) is 12.1 Å². The summed E-state index contributed by atoms with van der Waals surface area (Å²) in [6, 6.07) is 14.4. The Bertz CT molecular complexity index is 1170. The van der Waals surface area contributed by atoms with Gasteiger partial charge in [0.1, 0.15) is 0 Å². The number of anilines is 1. The van der Waals surface area contributed by atoms with E-state index in [1.807, 2.05) is 35.7 Å². The molecular formula is C24H21N3O3S. The van der Waals surface area contributed by atoms with Gasteiger partial charge in [0.25, 0.3) is 17.7 Å². The lowest BCUT2D eigenvalue weighted by molar-refractivity contribution is 0.0549. The minimum atomic E-state index is -0.354. The zero-order valence-electron chi connectivity index (χ0n) is 16.8. The number of carbonyl (C=O) groups is 3. The molecule has 7 heteroatoms. The maximum absolute atomic E-state index is 13.0. The highest BCUT2D eigenvalue weighted by Gasteiger charge is 2.40. The highest BCUT2D eigenvalue weighted by Crippen LogP contribution is 2.32. The molecule has 0 spiro atoms. The molecule has 1 saturated carbocycles. The first-order chi connectivity index (χ1) is 15.1. The molecule has 2 aliphatic rings. The van der Waals surface area contributed by atoms with Gasteiger partial charge in [-0.1, -0.05) is 49.6 Å². The lowest BCUT2D eigenvalue weighted by Crippen LogP contribution is -2.40. The first-order valence-electron chi connectivity index (χ1n) is 10.5. The molecular weight excluding hydrogens is 410 g/mol. The van der Waals surface area contributed by atoms with Crippen LogP contribution in [0.2, 0.25) is 0 Å². The minimum Gasteiger partial charge on any atom is -0.298 e. The molecule has 2 aromatic carbocycles. The van der Waals surface area contributed by atoms with Crippen LogP contribution in [0.3, 0.4) is 0 Å². The molecule has 6 nitrogen and oxygen atoms in total. The average Bonchev–Trinajstić information content (AvgIpc) is 3.37. The molecule has 0 unspecified atom stereocenters. The van der Waals surface area contributed by atoms with Crippen LogP contribution in [0.25, 0.3) is 11.3 Å². The molecule has 1 fully saturated rings. The molecule has 1 aliphatic carbocycles. The van der Waals surface area contributed by atoms with Gasteiger partial charge in [-0.05, 0) is 31.0 Å². The number of hydrogen-bond donors (Lipinski definition) is 1. The number of fused-ring (bicyclic) bond motifs is 1. The molecule has 0 bridgehead atoms. The molecule has 1 N–H and O–H groups in total. The minimum absolute atomic E-state index is 0.0369. The average molecular weight is 432 g/mol. The van der Waals surface area contributed by atoms with Crippen molar-refractivity contribution in [2.24, 2.45) is 0 Å². The third kappa shape index (κ3) is 3.65. The van der Waals surface area contributed by atoms with Crippen LogP contribution in [0.5, 0.6) is 0 Å². The second-order valence-corrected chi connectivity index (χ2v) is 8.75. The van der Waals surface area contributed by atoms with Gasteiger partial charge in [0.2, 0.25) is 0 Å². The third-order valence-electron chi connectivity index (χ3n) is 5.91. The topological polar surface area (TPSA) is 79.4 Å². The zero-order valence-corrected chi connectivity index (χ0v) is 17.7. The number of benzene rings is 2. The Morgan fingerprint density at radius 1 is 0.968 bits per heavy atom. The molecule has 3 amide bonds. The highest BCUT2D eigenvalue weighted by atomic mass is 32.1. The summed E-state index contributed by atoms with van der Waals surface area (Å²) in [5, 5.41) is 5.17. The van der Waals surface area contributed by atoms with E-state index in [9.17, 15) is 14.4 Å². The number of nitrogens with zero attached hydrogens (tertiary/aromatic N) is 2. The van der Waals surface area contributed by atoms with E-state index in [2.05, 4.69) is 10.3 Å². The van der Waals surface area contributed by atoms with Crippen molar-refractivity contribution >= 4 is 34.2 Å². The summed E-state index contributed by atoms with van der Waals surface area (Å²) in [4.78, 5) is 44.4. The smallest absolute Gasteiger partial charge is 0.261 e. The number of imide groups is 1. The summed E-state index contributed by atoms with van der Waals surface area (Å²) < 4.78 is 0. The van der Waals surface area contributed by atoms with E-state index in [0.717, 1.165) is 43.4 Å². The molecule has 0 atom stereocenters. The molecule has 0 saturated heterocycles. The van der Waals surface area contributed by atoms with E-state index in [1.165, 1.54) is 22.3 Å². The molecule has 31 heavy (non-hydrogen) atoms. The van der Waals surface area contributed by atoms with Gasteiger partial charge in [-0.2, -0.15) is 0 Å². The van der Waals surface area contributed by atoms with Gasteiger partial charge >= 0.3 is 0 Å². The van der Waals surface area contributed by atoms with Crippen LogP contribution in [0.15, 0.2) is 53.9 Å². The van der Waals surface area contributed by atoms with E-state index < -0.39 is 0 Å². The lowest BCUT2D eigenvalue weighted by atomic mass is 9.94. The standard InChI is InChI=1S/C24H21N3O3S/c28-21(26-24-25-20(14-31-24)15-7-3-1-4-8-15)16-11-12-18-19(13-16)23(30)27(22(18)29)17-9-5-2-6-10-17/h1,3-4,7-8,11-14,17H,2,5-6,9-10H2,(H,25,26,28). The van der Waals surface area contributed by atoms with Gasteiger partial charge in [-0.25, -0.2) is 4.98 Å². The number of thiazole rings is 1. The van der Waals surface area contributed by atoms with Crippen molar-refractivity contribution in [1.29, 1.82) is 0 Å². The summed E-state index contributed by atoms with van der Waals surface area (Å²) in [5.41, 5.74) is 2.80. The molecule has 5 rings (SSSR count). The lowest BCUT2D eigenvalue weighted by Gasteiger charge is -2.29. The van der Waals surface area contributed by atoms with E-state index in [-0.39, 0.29) is 23.8 Å². The van der Waals surface area contributed by atoms with Crippen molar-refractivity contribution in [3.63, 3.8) is 0 Å². The second-order valence-electron chi connectivity index (χ2n) is 7.89. The molecule has 1 aliphatic heterocycles. The first kappa shape index (κ1) is 19.6. The van der Waals surface area contributed by atoms with Gasteiger partial charge in [0.05, 0.1) is 16.8 Å². The van der Waals surface area contributed by atoms with Crippen LogP contribution in [0.1, 0.15) is 63.2 Å². The predicted molar refractivity (Wildman–Crippen MR) is 119 cm³/mol.